The monoisotopic (exact) mass is 264 g/mol. The van der Waals surface area contributed by atoms with Gasteiger partial charge in [-0.25, -0.2) is 0 Å². The minimum Gasteiger partial charge on any atom is -0.480 e. The van der Waals surface area contributed by atoms with Gasteiger partial charge in [0.05, 0.1) is 0 Å². The first kappa shape index (κ1) is 14.4. The van der Waals surface area contributed by atoms with E-state index >= 15 is 0 Å². The Balaban J connectivity index is 2.93. The highest BCUT2D eigenvalue weighted by molar-refractivity contribution is 7.87. The first-order valence-electron chi connectivity index (χ1n) is 5.86. The van der Waals surface area contributed by atoms with Crippen LogP contribution in [-0.2, 0) is 15.0 Å². The van der Waals surface area contributed by atoms with Gasteiger partial charge >= 0.3 is 5.97 Å². The molecular formula is C10H20N2O4S. The van der Waals surface area contributed by atoms with E-state index in [0.717, 1.165) is 17.1 Å². The topological polar surface area (TPSA) is 86.7 Å². The Bertz CT molecular complexity index is 367. The molecule has 1 aliphatic heterocycles. The quantitative estimate of drug-likeness (QED) is 0.776. The van der Waals surface area contributed by atoms with Crippen molar-refractivity contribution >= 4 is 16.2 Å². The Morgan fingerprint density at radius 3 is 2.53 bits per heavy atom. The SMILES string of the molecule is CC(C)NS(=O)(=O)N1CCCCCC1C(=O)O. The van der Waals surface area contributed by atoms with Gasteiger partial charge in [-0.1, -0.05) is 12.8 Å². The summed E-state index contributed by atoms with van der Waals surface area (Å²) in [5.41, 5.74) is 0. The Labute approximate surface area is 102 Å². The smallest absolute Gasteiger partial charge is 0.322 e. The summed E-state index contributed by atoms with van der Waals surface area (Å²) >= 11 is 0. The molecule has 1 aliphatic rings. The molecule has 1 rings (SSSR count). The van der Waals surface area contributed by atoms with E-state index in [1.54, 1.807) is 13.8 Å². The second-order valence-electron chi connectivity index (χ2n) is 4.59. The first-order valence-corrected chi connectivity index (χ1v) is 7.30. The second-order valence-corrected chi connectivity index (χ2v) is 6.25. The van der Waals surface area contributed by atoms with Gasteiger partial charge < -0.3 is 5.11 Å². The maximum absolute atomic E-state index is 12.0. The van der Waals surface area contributed by atoms with Gasteiger partial charge in [0.2, 0.25) is 0 Å². The Kier molecular flexibility index (Phi) is 4.91. The highest BCUT2D eigenvalue weighted by Crippen LogP contribution is 2.19. The lowest BCUT2D eigenvalue weighted by Gasteiger charge is -2.27. The molecule has 0 spiro atoms. The molecule has 2 N–H and O–H groups in total. The molecule has 1 saturated heterocycles. The first-order chi connectivity index (χ1) is 7.84. The maximum Gasteiger partial charge on any atom is 0.322 e. The van der Waals surface area contributed by atoms with Gasteiger partial charge in [0.15, 0.2) is 0 Å². The van der Waals surface area contributed by atoms with Gasteiger partial charge in [-0.05, 0) is 26.7 Å². The molecule has 7 heteroatoms. The van der Waals surface area contributed by atoms with Crippen LogP contribution in [0.4, 0.5) is 0 Å². The summed E-state index contributed by atoms with van der Waals surface area (Å²) in [6.45, 7) is 3.70. The van der Waals surface area contributed by atoms with Crippen molar-refractivity contribution in [3.05, 3.63) is 0 Å². The van der Waals surface area contributed by atoms with Crippen molar-refractivity contribution in [2.75, 3.05) is 6.54 Å². The molecule has 0 aromatic heterocycles. The van der Waals surface area contributed by atoms with Crippen molar-refractivity contribution in [3.63, 3.8) is 0 Å². The zero-order valence-electron chi connectivity index (χ0n) is 10.2. The van der Waals surface area contributed by atoms with E-state index < -0.39 is 22.2 Å². The predicted octanol–water partition coefficient (Wildman–Crippen LogP) is 0.558. The molecule has 1 fully saturated rings. The van der Waals surface area contributed by atoms with Crippen molar-refractivity contribution < 1.29 is 18.3 Å². The van der Waals surface area contributed by atoms with Gasteiger partial charge in [-0.3, -0.25) is 4.79 Å². The van der Waals surface area contributed by atoms with Crippen LogP contribution in [0.25, 0.3) is 0 Å². The summed E-state index contributed by atoms with van der Waals surface area (Å²) in [6.07, 6.45) is 2.72. The zero-order valence-corrected chi connectivity index (χ0v) is 11.0. The van der Waals surface area contributed by atoms with Crippen LogP contribution in [0.5, 0.6) is 0 Å². The van der Waals surface area contributed by atoms with E-state index in [4.69, 9.17) is 5.11 Å². The van der Waals surface area contributed by atoms with E-state index in [9.17, 15) is 13.2 Å². The fourth-order valence-corrected chi connectivity index (χ4v) is 3.61. The van der Waals surface area contributed by atoms with Gasteiger partial charge in [-0.2, -0.15) is 17.4 Å². The average Bonchev–Trinajstić information content (AvgIpc) is 2.40. The number of nitrogens with zero attached hydrogens (tertiary/aromatic N) is 1. The number of carboxylic acid groups (broad SMARTS) is 1. The molecule has 0 saturated carbocycles. The summed E-state index contributed by atoms with van der Waals surface area (Å²) in [7, 11) is -3.70. The van der Waals surface area contributed by atoms with Crippen molar-refractivity contribution in [1.29, 1.82) is 0 Å². The Hall–Kier alpha value is -0.660. The summed E-state index contributed by atoms with van der Waals surface area (Å²) < 4.78 is 27.6. The minimum absolute atomic E-state index is 0.238. The molecule has 1 heterocycles. The number of hydrogen-bond donors (Lipinski definition) is 2. The molecule has 100 valence electrons. The lowest BCUT2D eigenvalue weighted by Crippen LogP contribution is -2.51. The molecule has 0 radical (unpaired) electrons. The highest BCUT2D eigenvalue weighted by atomic mass is 32.2. The fourth-order valence-electron chi connectivity index (χ4n) is 1.98. The standard InChI is InChI=1S/C10H20N2O4S/c1-8(2)11-17(15,16)12-7-5-3-4-6-9(12)10(13)14/h8-9,11H,3-7H2,1-2H3,(H,13,14). The maximum atomic E-state index is 12.0. The van der Waals surface area contributed by atoms with E-state index in [1.807, 2.05) is 0 Å². The fraction of sp³-hybridized carbons (Fsp3) is 0.900. The molecular weight excluding hydrogens is 244 g/mol. The number of rotatable bonds is 4. The van der Waals surface area contributed by atoms with Gasteiger partial charge in [0.1, 0.15) is 6.04 Å². The van der Waals surface area contributed by atoms with E-state index in [2.05, 4.69) is 4.72 Å². The zero-order chi connectivity index (χ0) is 13.1. The number of nitrogens with one attached hydrogen (secondary N) is 1. The molecule has 17 heavy (non-hydrogen) atoms. The molecule has 0 amide bonds. The highest BCUT2D eigenvalue weighted by Gasteiger charge is 2.35. The van der Waals surface area contributed by atoms with Gasteiger partial charge in [0.25, 0.3) is 10.2 Å². The number of carbonyl (C=O) groups is 1. The van der Waals surface area contributed by atoms with E-state index in [0.29, 0.717) is 12.8 Å². The van der Waals surface area contributed by atoms with Crippen molar-refractivity contribution in [2.45, 2.75) is 51.6 Å². The average molecular weight is 264 g/mol. The van der Waals surface area contributed by atoms with Gasteiger partial charge in [0, 0.05) is 12.6 Å². The summed E-state index contributed by atoms with van der Waals surface area (Å²) in [5, 5.41) is 9.10. The molecule has 6 nitrogen and oxygen atoms in total. The van der Waals surface area contributed by atoms with Crippen LogP contribution in [0.2, 0.25) is 0 Å². The van der Waals surface area contributed by atoms with Crippen molar-refractivity contribution in [1.82, 2.24) is 9.03 Å². The van der Waals surface area contributed by atoms with Gasteiger partial charge in [-0.15, -0.1) is 0 Å². The van der Waals surface area contributed by atoms with Crippen LogP contribution < -0.4 is 4.72 Å². The van der Waals surface area contributed by atoms with Crippen molar-refractivity contribution in [3.8, 4) is 0 Å². The van der Waals surface area contributed by atoms with Crippen LogP contribution in [-0.4, -0.2) is 42.4 Å². The van der Waals surface area contributed by atoms with E-state index in [1.165, 1.54) is 0 Å². The predicted molar refractivity (Wildman–Crippen MR) is 63.8 cm³/mol. The van der Waals surface area contributed by atoms with Crippen LogP contribution in [0.1, 0.15) is 39.5 Å². The third-order valence-electron chi connectivity index (χ3n) is 2.68. The summed E-state index contributed by atoms with van der Waals surface area (Å²) in [5.74, 6) is -1.07. The molecule has 1 atom stereocenters. The third-order valence-corrected chi connectivity index (χ3v) is 4.51. The lowest BCUT2D eigenvalue weighted by molar-refractivity contribution is -0.141. The van der Waals surface area contributed by atoms with Crippen LogP contribution in [0, 0.1) is 0 Å². The molecule has 0 aromatic rings. The van der Waals surface area contributed by atoms with E-state index in [-0.39, 0.29) is 12.6 Å². The molecule has 0 aliphatic carbocycles. The molecule has 1 unspecified atom stereocenters. The normalized spacial score (nSPS) is 23.6. The largest absolute Gasteiger partial charge is 0.480 e. The third kappa shape index (κ3) is 3.93. The molecule has 0 bridgehead atoms. The number of carboxylic acids is 1. The minimum atomic E-state index is -3.70. The number of hydrogen-bond acceptors (Lipinski definition) is 3. The molecule has 0 aromatic carbocycles. The Morgan fingerprint density at radius 2 is 2.00 bits per heavy atom. The second kappa shape index (κ2) is 5.79. The summed E-state index contributed by atoms with van der Waals surface area (Å²) in [6, 6.07) is -1.17. The van der Waals surface area contributed by atoms with Crippen LogP contribution in [0.15, 0.2) is 0 Å². The number of aliphatic carboxylic acids is 1. The summed E-state index contributed by atoms with van der Waals surface area (Å²) in [4.78, 5) is 11.1. The van der Waals surface area contributed by atoms with Crippen LogP contribution in [0.3, 0.4) is 0 Å². The van der Waals surface area contributed by atoms with Crippen molar-refractivity contribution in [2.24, 2.45) is 0 Å². The Morgan fingerprint density at radius 1 is 1.35 bits per heavy atom. The van der Waals surface area contributed by atoms with Crippen LogP contribution >= 0.6 is 0 Å². The lowest BCUT2D eigenvalue weighted by atomic mass is 10.1.